The van der Waals surface area contributed by atoms with Gasteiger partial charge < -0.3 is 19.3 Å². The molecule has 2 heterocycles. The average molecular weight is 417 g/mol. The first kappa shape index (κ1) is 21.2. The number of amides is 3. The summed E-state index contributed by atoms with van der Waals surface area (Å²) < 4.78 is 2.18. The molecular weight excluding hydrogens is 388 g/mol. The van der Waals surface area contributed by atoms with E-state index in [0.717, 1.165) is 17.8 Å². The number of nitrogens with zero attached hydrogens (tertiary/aromatic N) is 4. The van der Waals surface area contributed by atoms with Crippen LogP contribution in [-0.4, -0.2) is 64.9 Å². The van der Waals surface area contributed by atoms with E-state index in [4.69, 9.17) is 11.6 Å². The van der Waals surface area contributed by atoms with E-state index in [1.807, 2.05) is 55.3 Å². The van der Waals surface area contributed by atoms with Gasteiger partial charge in [-0.05, 0) is 35.7 Å². The Morgan fingerprint density at radius 1 is 1.14 bits per heavy atom. The minimum Gasteiger partial charge on any atom is -0.348 e. The van der Waals surface area contributed by atoms with Crippen LogP contribution in [0.15, 0.2) is 42.6 Å². The number of urea groups is 1. The largest absolute Gasteiger partial charge is 0.348 e. The summed E-state index contributed by atoms with van der Waals surface area (Å²) in [6.45, 7) is 6.04. The monoisotopic (exact) mass is 416 g/mol. The predicted molar refractivity (Wildman–Crippen MR) is 115 cm³/mol. The molecule has 0 saturated heterocycles. The third-order valence-electron chi connectivity index (χ3n) is 5.11. The van der Waals surface area contributed by atoms with E-state index in [1.54, 1.807) is 19.0 Å². The van der Waals surface area contributed by atoms with Crippen LogP contribution in [0.2, 0.25) is 5.02 Å². The summed E-state index contributed by atoms with van der Waals surface area (Å²) in [5.74, 6) is 0.227. The molecule has 0 spiro atoms. The minimum atomic E-state index is -0.195. The molecule has 2 aromatic rings. The van der Waals surface area contributed by atoms with Crippen molar-refractivity contribution in [1.29, 1.82) is 0 Å². The van der Waals surface area contributed by atoms with Crippen molar-refractivity contribution < 1.29 is 9.59 Å². The second-order valence-electron chi connectivity index (χ2n) is 8.12. The highest BCUT2D eigenvalue weighted by molar-refractivity contribution is 6.30. The number of hydrogen-bond acceptors (Lipinski definition) is 2. The van der Waals surface area contributed by atoms with Crippen LogP contribution in [0.1, 0.15) is 31.1 Å². The Bertz CT molecular complexity index is 860. The van der Waals surface area contributed by atoms with Crippen LogP contribution in [0.4, 0.5) is 4.79 Å². The molecule has 29 heavy (non-hydrogen) atoms. The van der Waals surface area contributed by atoms with Gasteiger partial charge in [-0.3, -0.25) is 4.79 Å². The zero-order chi connectivity index (χ0) is 21.1. The molecule has 7 heteroatoms. The first-order valence-corrected chi connectivity index (χ1v) is 10.3. The fraction of sp³-hybridized carbons (Fsp3) is 0.455. The molecule has 0 bridgehead atoms. The van der Waals surface area contributed by atoms with E-state index in [2.05, 4.69) is 10.6 Å². The van der Waals surface area contributed by atoms with E-state index in [1.165, 1.54) is 4.90 Å². The SMILES string of the molecule is CC(C)CN(CC(=O)N1CCn2cccc2C1c1ccc(Cl)cc1)C(=O)N(C)C. The van der Waals surface area contributed by atoms with Gasteiger partial charge in [-0.1, -0.05) is 37.6 Å². The molecule has 3 rings (SSSR count). The number of benzene rings is 1. The molecule has 1 aliphatic rings. The summed E-state index contributed by atoms with van der Waals surface area (Å²) in [6.07, 6.45) is 2.04. The van der Waals surface area contributed by atoms with Crippen molar-refractivity contribution in [2.75, 3.05) is 33.7 Å². The second-order valence-corrected chi connectivity index (χ2v) is 8.56. The molecule has 1 unspecified atom stereocenters. The van der Waals surface area contributed by atoms with E-state index < -0.39 is 0 Å². The van der Waals surface area contributed by atoms with Crippen LogP contribution in [0.25, 0.3) is 0 Å². The third-order valence-corrected chi connectivity index (χ3v) is 5.36. The van der Waals surface area contributed by atoms with Crippen molar-refractivity contribution in [3.8, 4) is 0 Å². The summed E-state index contributed by atoms with van der Waals surface area (Å²) in [7, 11) is 3.43. The fourth-order valence-corrected chi connectivity index (χ4v) is 3.96. The van der Waals surface area contributed by atoms with Crippen LogP contribution < -0.4 is 0 Å². The molecule has 1 aromatic heterocycles. The van der Waals surface area contributed by atoms with Gasteiger partial charge in [0.15, 0.2) is 0 Å². The molecule has 156 valence electrons. The third kappa shape index (κ3) is 4.75. The van der Waals surface area contributed by atoms with Gasteiger partial charge in [0.2, 0.25) is 5.91 Å². The lowest BCUT2D eigenvalue weighted by molar-refractivity contribution is -0.134. The molecule has 1 aliphatic heterocycles. The molecule has 0 saturated carbocycles. The maximum absolute atomic E-state index is 13.4. The summed E-state index contributed by atoms with van der Waals surface area (Å²) in [5, 5.41) is 0.664. The molecule has 0 radical (unpaired) electrons. The Labute approximate surface area is 177 Å². The quantitative estimate of drug-likeness (QED) is 0.745. The molecule has 1 atom stereocenters. The summed E-state index contributed by atoms with van der Waals surface area (Å²) in [5.41, 5.74) is 2.08. The number of carbonyl (C=O) groups is 2. The highest BCUT2D eigenvalue weighted by atomic mass is 35.5. The lowest BCUT2D eigenvalue weighted by Gasteiger charge is -2.39. The van der Waals surface area contributed by atoms with Crippen LogP contribution in [0.3, 0.4) is 0 Å². The van der Waals surface area contributed by atoms with Crippen LogP contribution >= 0.6 is 11.6 Å². The second kappa shape index (κ2) is 8.91. The van der Waals surface area contributed by atoms with E-state index in [-0.39, 0.29) is 30.4 Å². The Morgan fingerprint density at radius 2 is 1.83 bits per heavy atom. The first-order chi connectivity index (χ1) is 13.8. The van der Waals surface area contributed by atoms with Crippen molar-refractivity contribution in [2.24, 2.45) is 5.92 Å². The zero-order valence-electron chi connectivity index (χ0n) is 17.5. The standard InChI is InChI=1S/C22H29ClN4O2/c1-16(2)14-26(22(29)24(3)4)15-20(28)27-13-12-25-11-5-6-19(25)21(27)17-7-9-18(23)10-8-17/h5-11,16,21H,12-15H2,1-4H3. The number of aromatic nitrogens is 1. The lowest BCUT2D eigenvalue weighted by atomic mass is 9.99. The van der Waals surface area contributed by atoms with E-state index >= 15 is 0 Å². The van der Waals surface area contributed by atoms with Gasteiger partial charge in [0, 0.05) is 50.6 Å². The Hall–Kier alpha value is -2.47. The summed E-state index contributed by atoms with van der Waals surface area (Å²) in [6, 6.07) is 11.3. The summed E-state index contributed by atoms with van der Waals surface area (Å²) in [4.78, 5) is 31.0. The van der Waals surface area contributed by atoms with Crippen LogP contribution in [-0.2, 0) is 11.3 Å². The normalized spacial score (nSPS) is 15.9. The van der Waals surface area contributed by atoms with Gasteiger partial charge in [0.1, 0.15) is 6.54 Å². The smallest absolute Gasteiger partial charge is 0.319 e. The number of fused-ring (bicyclic) bond motifs is 1. The molecule has 1 aromatic carbocycles. The lowest BCUT2D eigenvalue weighted by Crippen LogP contribution is -2.50. The molecule has 0 aliphatic carbocycles. The van der Waals surface area contributed by atoms with Gasteiger partial charge in [0.25, 0.3) is 0 Å². The van der Waals surface area contributed by atoms with Crippen molar-refractivity contribution >= 4 is 23.5 Å². The number of carbonyl (C=O) groups excluding carboxylic acids is 2. The number of rotatable bonds is 5. The molecule has 6 nitrogen and oxygen atoms in total. The van der Waals surface area contributed by atoms with Crippen LogP contribution in [0, 0.1) is 5.92 Å². The van der Waals surface area contributed by atoms with Gasteiger partial charge >= 0.3 is 6.03 Å². The minimum absolute atomic E-state index is 0.0479. The maximum atomic E-state index is 13.4. The number of hydrogen-bond donors (Lipinski definition) is 0. The van der Waals surface area contributed by atoms with E-state index in [0.29, 0.717) is 18.1 Å². The average Bonchev–Trinajstić information content (AvgIpc) is 3.15. The molecular formula is C22H29ClN4O2. The highest BCUT2D eigenvalue weighted by Crippen LogP contribution is 2.33. The Morgan fingerprint density at radius 3 is 2.45 bits per heavy atom. The molecule has 3 amide bonds. The van der Waals surface area contributed by atoms with Crippen LogP contribution in [0.5, 0.6) is 0 Å². The van der Waals surface area contributed by atoms with Gasteiger partial charge in [-0.2, -0.15) is 0 Å². The summed E-state index contributed by atoms with van der Waals surface area (Å²) >= 11 is 6.08. The van der Waals surface area contributed by atoms with Crippen molar-refractivity contribution in [1.82, 2.24) is 19.3 Å². The Balaban J connectivity index is 1.89. The molecule has 0 fully saturated rings. The highest BCUT2D eigenvalue weighted by Gasteiger charge is 2.33. The first-order valence-electron chi connectivity index (χ1n) is 9.94. The van der Waals surface area contributed by atoms with Crippen molar-refractivity contribution in [3.05, 3.63) is 58.9 Å². The molecule has 0 N–H and O–H groups in total. The zero-order valence-corrected chi connectivity index (χ0v) is 18.3. The van der Waals surface area contributed by atoms with E-state index in [9.17, 15) is 9.59 Å². The topological polar surface area (TPSA) is 48.8 Å². The van der Waals surface area contributed by atoms with Crippen molar-refractivity contribution in [3.63, 3.8) is 0 Å². The van der Waals surface area contributed by atoms with Gasteiger partial charge in [-0.25, -0.2) is 4.79 Å². The Kier molecular flexibility index (Phi) is 6.52. The predicted octanol–water partition coefficient (Wildman–Crippen LogP) is 3.71. The van der Waals surface area contributed by atoms with Gasteiger partial charge in [-0.15, -0.1) is 0 Å². The maximum Gasteiger partial charge on any atom is 0.319 e. The fourth-order valence-electron chi connectivity index (χ4n) is 3.84. The van der Waals surface area contributed by atoms with Crippen molar-refractivity contribution in [2.45, 2.75) is 26.4 Å². The number of halogens is 1. The van der Waals surface area contributed by atoms with Gasteiger partial charge in [0.05, 0.1) is 6.04 Å².